The third kappa shape index (κ3) is 2.49. The van der Waals surface area contributed by atoms with E-state index in [-0.39, 0.29) is 10.5 Å². The van der Waals surface area contributed by atoms with Crippen molar-refractivity contribution in [1.29, 1.82) is 0 Å². The molecule has 1 aliphatic carbocycles. The highest BCUT2D eigenvalue weighted by Crippen LogP contribution is 2.55. The van der Waals surface area contributed by atoms with Gasteiger partial charge in [0.05, 0.1) is 4.90 Å². The number of benzene rings is 2. The number of rotatable bonds is 4. The van der Waals surface area contributed by atoms with Gasteiger partial charge in [0, 0.05) is 10.9 Å². The zero-order chi connectivity index (χ0) is 17.7. The van der Waals surface area contributed by atoms with Crippen LogP contribution in [0.1, 0.15) is 11.5 Å². The largest absolute Gasteiger partial charge is 0.480 e. The summed E-state index contributed by atoms with van der Waals surface area (Å²) in [6, 6.07) is 10.5. The summed E-state index contributed by atoms with van der Waals surface area (Å²) < 4.78 is 39.1. The Morgan fingerprint density at radius 2 is 1.83 bits per heavy atom. The second-order valence-corrected chi connectivity index (χ2v) is 8.20. The van der Waals surface area contributed by atoms with E-state index in [4.69, 9.17) is 17.3 Å². The predicted molar refractivity (Wildman–Crippen MR) is 86.1 cm³/mol. The number of hydrogen-bond acceptors (Lipinski definition) is 4. The van der Waals surface area contributed by atoms with Crippen LogP contribution >= 0.6 is 11.6 Å². The minimum absolute atomic E-state index is 0.0770. The molecule has 3 atom stereocenters. The van der Waals surface area contributed by atoms with Gasteiger partial charge in [0.25, 0.3) is 0 Å². The van der Waals surface area contributed by atoms with Gasteiger partial charge in [-0.2, -0.15) is 0 Å². The van der Waals surface area contributed by atoms with E-state index in [0.717, 1.165) is 6.07 Å². The molecule has 8 heteroatoms. The molecule has 0 aromatic heterocycles. The van der Waals surface area contributed by atoms with Gasteiger partial charge in [-0.15, -0.1) is 0 Å². The van der Waals surface area contributed by atoms with Crippen LogP contribution < -0.4 is 5.73 Å². The summed E-state index contributed by atoms with van der Waals surface area (Å²) in [5, 5.41) is 8.40. The summed E-state index contributed by atoms with van der Waals surface area (Å²) in [6.07, 6.45) is 0. The van der Waals surface area contributed by atoms with Gasteiger partial charge < -0.3 is 10.8 Å². The number of carbonyl (C=O) groups is 1. The lowest BCUT2D eigenvalue weighted by Gasteiger charge is -2.06. The first kappa shape index (κ1) is 16.9. The van der Waals surface area contributed by atoms with E-state index in [9.17, 15) is 22.7 Å². The molecule has 3 rings (SSSR count). The van der Waals surface area contributed by atoms with E-state index < -0.39 is 38.3 Å². The highest BCUT2D eigenvalue weighted by Gasteiger charge is 2.74. The van der Waals surface area contributed by atoms with Crippen molar-refractivity contribution in [3.63, 3.8) is 0 Å². The third-order valence-corrected chi connectivity index (χ3v) is 6.75. The van der Waals surface area contributed by atoms with Crippen molar-refractivity contribution in [3.8, 4) is 0 Å². The lowest BCUT2D eigenvalue weighted by atomic mass is 10.1. The molecular formula is C16H13ClFNO4S. The molecule has 3 N–H and O–H groups in total. The zero-order valence-electron chi connectivity index (χ0n) is 12.2. The van der Waals surface area contributed by atoms with Crippen LogP contribution in [0.2, 0.25) is 5.02 Å². The van der Waals surface area contributed by atoms with Crippen LogP contribution in [0.5, 0.6) is 0 Å². The van der Waals surface area contributed by atoms with Crippen molar-refractivity contribution in [2.45, 2.75) is 21.6 Å². The third-order valence-electron chi connectivity index (χ3n) is 4.23. The molecule has 1 aliphatic rings. The van der Waals surface area contributed by atoms with Gasteiger partial charge in [-0.25, -0.2) is 12.8 Å². The molecule has 0 radical (unpaired) electrons. The molecule has 2 aromatic rings. The molecule has 0 unspecified atom stereocenters. The van der Waals surface area contributed by atoms with Crippen molar-refractivity contribution in [2.75, 3.05) is 0 Å². The van der Waals surface area contributed by atoms with Crippen LogP contribution in [0.3, 0.4) is 0 Å². The molecule has 126 valence electrons. The van der Waals surface area contributed by atoms with Gasteiger partial charge in [0.2, 0.25) is 0 Å². The minimum atomic E-state index is -4.03. The first-order valence-electron chi connectivity index (χ1n) is 6.96. The van der Waals surface area contributed by atoms with Gasteiger partial charge in [-0.3, -0.25) is 4.79 Å². The van der Waals surface area contributed by atoms with Gasteiger partial charge in [0.15, 0.2) is 9.84 Å². The molecule has 1 saturated carbocycles. The quantitative estimate of drug-likeness (QED) is 0.861. The van der Waals surface area contributed by atoms with Crippen molar-refractivity contribution in [2.24, 2.45) is 5.73 Å². The van der Waals surface area contributed by atoms with E-state index in [1.165, 1.54) is 42.5 Å². The van der Waals surface area contributed by atoms with Crippen LogP contribution in [-0.4, -0.2) is 30.3 Å². The molecule has 0 amide bonds. The highest BCUT2D eigenvalue weighted by atomic mass is 35.5. The Morgan fingerprint density at radius 1 is 1.21 bits per heavy atom. The van der Waals surface area contributed by atoms with Crippen molar-refractivity contribution < 1.29 is 22.7 Å². The van der Waals surface area contributed by atoms with Crippen molar-refractivity contribution >= 4 is 27.4 Å². The maximum atomic E-state index is 13.4. The molecule has 2 aromatic carbocycles. The molecule has 0 saturated heterocycles. The van der Waals surface area contributed by atoms with E-state index >= 15 is 0 Å². The van der Waals surface area contributed by atoms with Gasteiger partial charge in [-0.05, 0) is 42.0 Å². The van der Waals surface area contributed by atoms with E-state index in [0.29, 0.717) is 5.02 Å². The SMILES string of the molecule is N[C@@]1(C(=O)O)[C@H](c2cccc(F)c2)[C@@H]1S(=O)(=O)c1ccc(Cl)cc1. The smallest absolute Gasteiger partial charge is 0.325 e. The summed E-state index contributed by atoms with van der Waals surface area (Å²) in [4.78, 5) is 11.5. The Labute approximate surface area is 142 Å². The number of carboxylic acid groups (broad SMARTS) is 1. The second kappa shape index (κ2) is 5.54. The molecule has 0 bridgehead atoms. The predicted octanol–water partition coefficient (Wildman–Crippen LogP) is 2.20. The molecule has 0 aliphatic heterocycles. The fourth-order valence-electron chi connectivity index (χ4n) is 2.99. The summed E-state index contributed by atoms with van der Waals surface area (Å²) in [5.74, 6) is -3.07. The molecule has 0 spiro atoms. The maximum absolute atomic E-state index is 13.4. The normalized spacial score (nSPS) is 26.1. The number of carboxylic acids is 1. The molecule has 1 fully saturated rings. The summed E-state index contributed by atoms with van der Waals surface area (Å²) in [6.45, 7) is 0. The zero-order valence-corrected chi connectivity index (χ0v) is 13.8. The fraction of sp³-hybridized carbons (Fsp3) is 0.188. The fourth-order valence-corrected chi connectivity index (χ4v) is 5.34. The lowest BCUT2D eigenvalue weighted by molar-refractivity contribution is -0.139. The Hall–Kier alpha value is -1.96. The molecule has 24 heavy (non-hydrogen) atoms. The van der Waals surface area contributed by atoms with Crippen molar-refractivity contribution in [1.82, 2.24) is 0 Å². The summed E-state index contributed by atoms with van der Waals surface area (Å²) in [5.41, 5.74) is 4.12. The number of aliphatic carboxylic acids is 1. The Bertz CT molecular complexity index is 916. The lowest BCUT2D eigenvalue weighted by Crippen LogP contribution is -2.39. The van der Waals surface area contributed by atoms with Crippen LogP contribution in [0.4, 0.5) is 4.39 Å². The number of hydrogen-bond donors (Lipinski definition) is 2. The van der Waals surface area contributed by atoms with Crippen LogP contribution in [0, 0.1) is 5.82 Å². The molecule has 0 heterocycles. The standard InChI is InChI=1S/C16H13ClFNO4S/c17-10-4-6-12(7-5-10)24(22,23)14-13(16(14,19)15(20)21)9-2-1-3-11(18)8-9/h1-8,13-14H,19H2,(H,20,21)/t13-,14+,16+/m1/s1. The van der Waals surface area contributed by atoms with Gasteiger partial charge in [0.1, 0.15) is 16.6 Å². The van der Waals surface area contributed by atoms with Gasteiger partial charge in [-0.1, -0.05) is 23.7 Å². The van der Waals surface area contributed by atoms with E-state index in [2.05, 4.69) is 0 Å². The van der Waals surface area contributed by atoms with Crippen LogP contribution in [-0.2, 0) is 14.6 Å². The topological polar surface area (TPSA) is 97.5 Å². The summed E-state index contributed by atoms with van der Waals surface area (Å²) >= 11 is 5.75. The minimum Gasteiger partial charge on any atom is -0.480 e. The second-order valence-electron chi connectivity index (χ2n) is 5.69. The molecular weight excluding hydrogens is 357 g/mol. The maximum Gasteiger partial charge on any atom is 0.325 e. The average Bonchev–Trinajstić information content (AvgIpc) is 3.17. The number of halogens is 2. The first-order valence-corrected chi connectivity index (χ1v) is 8.88. The summed E-state index contributed by atoms with van der Waals surface area (Å²) in [7, 11) is -4.03. The number of sulfone groups is 1. The average molecular weight is 370 g/mol. The van der Waals surface area contributed by atoms with E-state index in [1.54, 1.807) is 0 Å². The number of nitrogens with two attached hydrogens (primary N) is 1. The Balaban J connectivity index is 2.08. The van der Waals surface area contributed by atoms with Crippen LogP contribution in [0.25, 0.3) is 0 Å². The van der Waals surface area contributed by atoms with Crippen molar-refractivity contribution in [3.05, 3.63) is 64.9 Å². The van der Waals surface area contributed by atoms with E-state index in [1.807, 2.05) is 0 Å². The monoisotopic (exact) mass is 369 g/mol. The van der Waals surface area contributed by atoms with Gasteiger partial charge >= 0.3 is 5.97 Å². The van der Waals surface area contributed by atoms with Crippen LogP contribution in [0.15, 0.2) is 53.4 Å². The first-order chi connectivity index (χ1) is 11.2. The highest BCUT2D eigenvalue weighted by molar-refractivity contribution is 7.92. The Kier molecular flexibility index (Phi) is 3.90. The Morgan fingerprint density at radius 3 is 2.38 bits per heavy atom. The molecule has 5 nitrogen and oxygen atoms in total.